The maximum Gasteiger partial charge on any atom is 0.263 e. The number of nitrogens with one attached hydrogen (secondary N) is 2. The van der Waals surface area contributed by atoms with Crippen LogP contribution in [0.3, 0.4) is 0 Å². The lowest BCUT2D eigenvalue weighted by molar-refractivity contribution is 0.600. The zero-order chi connectivity index (χ0) is 17.0. The number of fused-ring (bicyclic) bond motifs is 1. The first-order valence-electron chi connectivity index (χ1n) is 7.91. The lowest BCUT2D eigenvalue weighted by Crippen LogP contribution is -2.15. The normalized spacial score (nSPS) is 13.8. The van der Waals surface area contributed by atoms with Crippen LogP contribution in [0.15, 0.2) is 47.9 Å². The van der Waals surface area contributed by atoms with Gasteiger partial charge in [-0.25, -0.2) is 8.42 Å². The predicted molar refractivity (Wildman–Crippen MR) is 94.6 cm³/mol. The van der Waals surface area contributed by atoms with Gasteiger partial charge in [0.2, 0.25) is 0 Å². The Labute approximate surface area is 142 Å². The van der Waals surface area contributed by atoms with Crippen molar-refractivity contribution in [3.8, 4) is 0 Å². The second-order valence-corrected chi connectivity index (χ2v) is 7.40. The van der Waals surface area contributed by atoms with Gasteiger partial charge in [-0.1, -0.05) is 12.1 Å². The quantitative estimate of drug-likeness (QED) is 0.787. The van der Waals surface area contributed by atoms with Crippen molar-refractivity contribution in [1.82, 2.24) is 10.2 Å². The molecule has 0 atom stereocenters. The highest BCUT2D eigenvalue weighted by atomic mass is 32.2. The molecule has 2 N–H and O–H groups in total. The van der Waals surface area contributed by atoms with Crippen LogP contribution in [-0.4, -0.2) is 25.2 Å². The van der Waals surface area contributed by atoms with Gasteiger partial charge in [-0.15, -0.1) is 16.8 Å². The highest BCUT2D eigenvalue weighted by Gasteiger charge is 2.18. The van der Waals surface area contributed by atoms with E-state index < -0.39 is 10.0 Å². The van der Waals surface area contributed by atoms with Crippen LogP contribution in [0.25, 0.3) is 0 Å². The second kappa shape index (κ2) is 7.00. The molecule has 1 heterocycles. The fraction of sp³-hybridized carbons (Fsp3) is 0.294. The van der Waals surface area contributed by atoms with Crippen LogP contribution in [0.1, 0.15) is 24.0 Å². The molecule has 0 saturated carbocycles. The molecular weight excluding hydrogens is 324 g/mol. The molecule has 1 aliphatic carbocycles. The average Bonchev–Trinajstić information content (AvgIpc) is 2.60. The van der Waals surface area contributed by atoms with E-state index in [1.165, 1.54) is 12.0 Å². The summed E-state index contributed by atoms with van der Waals surface area (Å²) in [5.74, 6) is 0.753. The van der Waals surface area contributed by atoms with Crippen molar-refractivity contribution < 1.29 is 8.42 Å². The van der Waals surface area contributed by atoms with E-state index in [-0.39, 0.29) is 10.7 Å². The number of hydrogen-bond donors (Lipinski definition) is 2. The molecule has 7 heteroatoms. The molecule has 2 aromatic rings. The zero-order valence-corrected chi connectivity index (χ0v) is 14.1. The summed E-state index contributed by atoms with van der Waals surface area (Å²) in [7, 11) is -3.67. The van der Waals surface area contributed by atoms with Gasteiger partial charge in [0.1, 0.15) is 5.82 Å². The molecule has 0 spiro atoms. The van der Waals surface area contributed by atoms with Crippen LogP contribution in [0, 0.1) is 0 Å². The molecule has 0 amide bonds. The maximum absolute atomic E-state index is 12.5. The van der Waals surface area contributed by atoms with Crippen LogP contribution in [0.2, 0.25) is 0 Å². The molecule has 126 valence electrons. The van der Waals surface area contributed by atoms with Crippen LogP contribution in [0.4, 0.5) is 11.6 Å². The first-order chi connectivity index (χ1) is 11.6. The third kappa shape index (κ3) is 3.73. The molecule has 6 nitrogen and oxygen atoms in total. The first kappa shape index (κ1) is 16.4. The van der Waals surface area contributed by atoms with Gasteiger partial charge in [0.25, 0.3) is 10.0 Å². The summed E-state index contributed by atoms with van der Waals surface area (Å²) in [6.45, 7) is 4.17. The minimum atomic E-state index is -3.67. The summed E-state index contributed by atoms with van der Waals surface area (Å²) in [6, 6.07) is 8.58. The standard InChI is InChI=1S/C17H20N4O2S/c1-2-11-18-16-9-10-17(20-19-16)21-24(22,23)15-8-7-13-5-3-4-6-14(13)12-15/h2,7-10,12H,1,3-6,11H2,(H,18,19)(H,20,21). The molecule has 1 aromatic heterocycles. The van der Waals surface area contributed by atoms with E-state index in [1.54, 1.807) is 30.3 Å². The molecule has 1 aromatic carbocycles. The minimum Gasteiger partial charge on any atom is -0.365 e. The summed E-state index contributed by atoms with van der Waals surface area (Å²) in [4.78, 5) is 0.263. The monoisotopic (exact) mass is 344 g/mol. The summed E-state index contributed by atoms with van der Waals surface area (Å²) >= 11 is 0. The number of benzene rings is 1. The van der Waals surface area contributed by atoms with Crippen molar-refractivity contribution in [1.29, 1.82) is 0 Å². The van der Waals surface area contributed by atoms with Gasteiger partial charge in [0.05, 0.1) is 4.90 Å². The number of aryl methyl sites for hydroxylation is 2. The largest absolute Gasteiger partial charge is 0.365 e. The molecule has 0 saturated heterocycles. The average molecular weight is 344 g/mol. The van der Waals surface area contributed by atoms with Crippen molar-refractivity contribution in [2.45, 2.75) is 30.6 Å². The maximum atomic E-state index is 12.5. The van der Waals surface area contributed by atoms with E-state index in [0.717, 1.165) is 24.8 Å². The van der Waals surface area contributed by atoms with Crippen LogP contribution < -0.4 is 10.0 Å². The lowest BCUT2D eigenvalue weighted by Gasteiger charge is -2.16. The fourth-order valence-corrected chi connectivity index (χ4v) is 3.78. The summed E-state index contributed by atoms with van der Waals surface area (Å²) < 4.78 is 27.5. The van der Waals surface area contributed by atoms with Gasteiger partial charge in [-0.3, -0.25) is 4.72 Å². The molecule has 24 heavy (non-hydrogen) atoms. The van der Waals surface area contributed by atoms with Crippen molar-refractivity contribution in [2.24, 2.45) is 0 Å². The Kier molecular flexibility index (Phi) is 4.80. The number of nitrogens with zero attached hydrogens (tertiary/aromatic N) is 2. The number of sulfonamides is 1. The van der Waals surface area contributed by atoms with E-state index >= 15 is 0 Å². The van der Waals surface area contributed by atoms with E-state index in [0.29, 0.717) is 12.4 Å². The van der Waals surface area contributed by atoms with Gasteiger partial charge < -0.3 is 5.32 Å². The number of hydrogen-bond acceptors (Lipinski definition) is 5. The highest BCUT2D eigenvalue weighted by molar-refractivity contribution is 7.92. The second-order valence-electron chi connectivity index (χ2n) is 5.72. The fourth-order valence-electron chi connectivity index (χ4n) is 2.73. The number of anilines is 2. The zero-order valence-electron chi connectivity index (χ0n) is 13.3. The predicted octanol–water partition coefficient (Wildman–Crippen LogP) is 2.75. The van der Waals surface area contributed by atoms with Crippen molar-refractivity contribution >= 4 is 21.7 Å². The van der Waals surface area contributed by atoms with Crippen LogP contribution in [0.5, 0.6) is 0 Å². The Balaban J connectivity index is 1.77. The highest BCUT2D eigenvalue weighted by Crippen LogP contribution is 2.25. The van der Waals surface area contributed by atoms with Crippen molar-refractivity contribution in [3.63, 3.8) is 0 Å². The molecular formula is C17H20N4O2S. The van der Waals surface area contributed by atoms with Gasteiger partial charge in [-0.05, 0) is 61.1 Å². The summed E-state index contributed by atoms with van der Waals surface area (Å²) in [5, 5.41) is 10.8. The van der Waals surface area contributed by atoms with E-state index in [2.05, 4.69) is 26.8 Å². The topological polar surface area (TPSA) is 84.0 Å². The Bertz CT molecular complexity index is 832. The van der Waals surface area contributed by atoms with Crippen molar-refractivity contribution in [2.75, 3.05) is 16.6 Å². The van der Waals surface area contributed by atoms with E-state index in [4.69, 9.17) is 0 Å². The van der Waals surface area contributed by atoms with E-state index in [9.17, 15) is 8.42 Å². The number of rotatable bonds is 6. The first-order valence-corrected chi connectivity index (χ1v) is 9.40. The van der Waals surface area contributed by atoms with Crippen molar-refractivity contribution in [3.05, 3.63) is 54.1 Å². The smallest absolute Gasteiger partial charge is 0.263 e. The molecule has 1 aliphatic rings. The molecule has 3 rings (SSSR count). The van der Waals surface area contributed by atoms with Gasteiger partial charge in [-0.2, -0.15) is 0 Å². The summed E-state index contributed by atoms with van der Waals surface area (Å²) in [6.07, 6.45) is 5.93. The van der Waals surface area contributed by atoms with Gasteiger partial charge in [0, 0.05) is 6.54 Å². The lowest BCUT2D eigenvalue weighted by atomic mass is 9.92. The Morgan fingerprint density at radius 1 is 1.04 bits per heavy atom. The SMILES string of the molecule is C=CCNc1ccc(NS(=O)(=O)c2ccc3c(c2)CCCC3)nn1. The Morgan fingerprint density at radius 3 is 2.46 bits per heavy atom. The molecule has 0 radical (unpaired) electrons. The molecule has 0 aliphatic heterocycles. The van der Waals surface area contributed by atoms with Gasteiger partial charge >= 0.3 is 0 Å². The Morgan fingerprint density at radius 2 is 1.75 bits per heavy atom. The van der Waals surface area contributed by atoms with Crippen LogP contribution in [-0.2, 0) is 22.9 Å². The third-order valence-corrected chi connectivity index (χ3v) is 5.31. The Hall–Kier alpha value is -2.41. The van der Waals surface area contributed by atoms with E-state index in [1.807, 2.05) is 6.07 Å². The number of aromatic nitrogens is 2. The third-order valence-electron chi connectivity index (χ3n) is 3.96. The van der Waals surface area contributed by atoms with Gasteiger partial charge in [0.15, 0.2) is 5.82 Å². The van der Waals surface area contributed by atoms with Crippen LogP contribution >= 0.6 is 0 Å². The molecule has 0 unspecified atom stereocenters. The minimum absolute atomic E-state index is 0.192. The summed E-state index contributed by atoms with van der Waals surface area (Å²) in [5.41, 5.74) is 2.37. The molecule has 0 bridgehead atoms. The molecule has 0 fully saturated rings.